The molecule has 1 rings (SSSR count). The van der Waals surface area contributed by atoms with Gasteiger partial charge in [-0.25, -0.2) is 4.49 Å². The molecule has 0 spiro atoms. The summed E-state index contributed by atoms with van der Waals surface area (Å²) in [4.78, 5) is 0. The molecule has 0 bridgehead atoms. The molecule has 0 saturated carbocycles. The maximum absolute atomic E-state index is 5.70. The highest BCUT2D eigenvalue weighted by atomic mass is 35.5. The van der Waals surface area contributed by atoms with Crippen LogP contribution in [0.25, 0.3) is 0 Å². The first-order chi connectivity index (χ1) is 9.11. The Morgan fingerprint density at radius 3 is 2.35 bits per heavy atom. The fraction of sp³-hybridized carbons (Fsp3) is 0.833. The molecular formula is C12H24ClN3OS3. The van der Waals surface area contributed by atoms with Gasteiger partial charge in [0.1, 0.15) is 11.6 Å². The lowest BCUT2D eigenvalue weighted by atomic mass is 10.3. The number of H-pyrrole nitrogens is 2. The molecule has 118 valence electrons. The number of aromatic amines is 2. The fourth-order valence-corrected chi connectivity index (χ4v) is 3.92. The first kappa shape index (κ1) is 18.2. The van der Waals surface area contributed by atoms with E-state index in [0.717, 1.165) is 10.1 Å². The zero-order valence-electron chi connectivity index (χ0n) is 12.9. The van der Waals surface area contributed by atoms with Gasteiger partial charge in [0.2, 0.25) is 5.06 Å². The van der Waals surface area contributed by atoms with E-state index in [4.69, 9.17) is 16.3 Å². The zero-order valence-corrected chi connectivity index (χ0v) is 16.1. The van der Waals surface area contributed by atoms with E-state index in [1.165, 1.54) is 11.5 Å². The van der Waals surface area contributed by atoms with Crippen molar-refractivity contribution in [2.75, 3.05) is 12.5 Å². The largest absolute Gasteiger partial charge is 0.480 e. The molecule has 0 aromatic carbocycles. The van der Waals surface area contributed by atoms with E-state index < -0.39 is 0 Å². The number of ether oxygens (including phenoxy) is 1. The van der Waals surface area contributed by atoms with Gasteiger partial charge in [-0.2, -0.15) is 4.20 Å². The van der Waals surface area contributed by atoms with Crippen LogP contribution in [0.2, 0.25) is 0 Å². The average molecular weight is 358 g/mol. The van der Waals surface area contributed by atoms with E-state index in [1.54, 1.807) is 23.7 Å². The molecule has 4 nitrogen and oxygen atoms in total. The lowest BCUT2D eigenvalue weighted by Gasteiger charge is -2.22. The first-order valence-electron chi connectivity index (χ1n) is 6.41. The molecule has 0 unspecified atom stereocenters. The third-order valence-electron chi connectivity index (χ3n) is 1.69. The van der Waals surface area contributed by atoms with E-state index in [2.05, 4.69) is 51.1 Å². The SMILES string of the molecule is CC(C)(C)Sc1[nH]n(SC(C)(C)C)[nH]sc1OCCCl. The highest BCUT2D eigenvalue weighted by molar-refractivity contribution is 8.00. The maximum Gasteiger partial charge on any atom is 0.223 e. The van der Waals surface area contributed by atoms with Gasteiger partial charge in [0, 0.05) is 9.49 Å². The number of nitrogens with zero attached hydrogens (tertiary/aromatic N) is 1. The normalized spacial score (nSPS) is 12.6. The van der Waals surface area contributed by atoms with Crippen molar-refractivity contribution in [1.29, 1.82) is 0 Å². The third kappa shape index (κ3) is 7.24. The molecule has 8 heteroatoms. The van der Waals surface area contributed by atoms with Gasteiger partial charge in [-0.3, -0.25) is 5.10 Å². The van der Waals surface area contributed by atoms with Crippen LogP contribution in [0.1, 0.15) is 41.5 Å². The summed E-state index contributed by atoms with van der Waals surface area (Å²) in [5, 5.41) is 5.22. The van der Waals surface area contributed by atoms with Gasteiger partial charge >= 0.3 is 0 Å². The van der Waals surface area contributed by atoms with E-state index in [9.17, 15) is 0 Å². The predicted octanol–water partition coefficient (Wildman–Crippen LogP) is 5.13. The molecule has 1 aromatic rings. The molecule has 20 heavy (non-hydrogen) atoms. The third-order valence-corrected chi connectivity index (χ3v) is 4.88. The standard InChI is InChI=1S/C12H24ClN3OS3/c1-11(2,3)18-9-10(17-8-7-13)19-15-16(14-9)20-12(4,5)6/h14-15H,7-8H2,1-6H3. The Morgan fingerprint density at radius 1 is 1.20 bits per heavy atom. The zero-order chi connectivity index (χ0) is 15.4. The Bertz CT molecular complexity index is 447. The van der Waals surface area contributed by atoms with Gasteiger partial charge in [-0.1, -0.05) is 32.5 Å². The van der Waals surface area contributed by atoms with Gasteiger partial charge in [0.25, 0.3) is 0 Å². The van der Waals surface area contributed by atoms with E-state index in [-0.39, 0.29) is 9.49 Å². The number of halogens is 1. The first-order valence-corrected chi connectivity index (χ1v) is 9.35. The van der Waals surface area contributed by atoms with Crippen LogP contribution in [0.5, 0.6) is 5.06 Å². The monoisotopic (exact) mass is 357 g/mol. The van der Waals surface area contributed by atoms with Crippen LogP contribution in [0, 0.1) is 0 Å². The minimum absolute atomic E-state index is 0.105. The number of aromatic nitrogens is 3. The minimum atomic E-state index is 0.105. The van der Waals surface area contributed by atoms with Crippen LogP contribution in [-0.2, 0) is 0 Å². The highest BCUT2D eigenvalue weighted by Crippen LogP contribution is 2.38. The van der Waals surface area contributed by atoms with Crippen molar-refractivity contribution >= 4 is 46.8 Å². The summed E-state index contributed by atoms with van der Waals surface area (Å²) in [5.41, 5.74) is 0. The molecule has 0 radical (unpaired) electrons. The molecule has 0 aliphatic heterocycles. The second kappa shape index (κ2) is 7.42. The van der Waals surface area contributed by atoms with Crippen molar-refractivity contribution in [2.45, 2.75) is 56.1 Å². The molecule has 0 aliphatic carbocycles. The average Bonchev–Trinajstić information content (AvgIpc) is 2.23. The van der Waals surface area contributed by atoms with Gasteiger partial charge in [0.05, 0.1) is 5.88 Å². The second-order valence-corrected chi connectivity index (χ2v) is 10.9. The summed E-state index contributed by atoms with van der Waals surface area (Å²) in [6, 6.07) is 0. The van der Waals surface area contributed by atoms with Crippen LogP contribution >= 0.6 is 46.8 Å². The smallest absolute Gasteiger partial charge is 0.223 e. The topological polar surface area (TPSA) is 45.7 Å². The molecule has 2 N–H and O–H groups in total. The van der Waals surface area contributed by atoms with Crippen molar-refractivity contribution in [3.8, 4) is 5.06 Å². The molecule has 0 atom stereocenters. The van der Waals surface area contributed by atoms with E-state index in [0.29, 0.717) is 12.5 Å². The molecule has 0 fully saturated rings. The van der Waals surface area contributed by atoms with Gasteiger partial charge in [-0.05, 0) is 44.3 Å². The van der Waals surface area contributed by atoms with E-state index >= 15 is 0 Å². The molecule has 0 saturated heterocycles. The number of thioether (sulfide) groups is 1. The van der Waals surface area contributed by atoms with Crippen molar-refractivity contribution in [3.63, 3.8) is 0 Å². The van der Waals surface area contributed by atoms with Crippen LogP contribution in [0.15, 0.2) is 5.03 Å². The lowest BCUT2D eigenvalue weighted by Crippen LogP contribution is -2.16. The lowest BCUT2D eigenvalue weighted by molar-refractivity contribution is 0.339. The number of nitrogens with one attached hydrogen (secondary N) is 2. The van der Waals surface area contributed by atoms with Crippen LogP contribution in [0.4, 0.5) is 0 Å². The molecule has 0 aliphatic rings. The van der Waals surface area contributed by atoms with Gasteiger partial charge in [0.15, 0.2) is 0 Å². The Hall–Kier alpha value is 0.150. The van der Waals surface area contributed by atoms with Crippen LogP contribution in [0.3, 0.4) is 0 Å². The number of alkyl halides is 1. The number of hydrogen-bond donors (Lipinski definition) is 2. The Balaban J connectivity index is 3.01. The van der Waals surface area contributed by atoms with Crippen molar-refractivity contribution in [3.05, 3.63) is 0 Å². The molecule has 1 aromatic heterocycles. The van der Waals surface area contributed by atoms with Crippen molar-refractivity contribution in [1.82, 2.24) is 13.8 Å². The number of hydrogen-bond acceptors (Lipinski definition) is 4. The Labute approximate surface area is 138 Å². The minimum Gasteiger partial charge on any atom is -0.480 e. The predicted molar refractivity (Wildman–Crippen MR) is 93.2 cm³/mol. The van der Waals surface area contributed by atoms with Crippen LogP contribution < -0.4 is 4.74 Å². The summed E-state index contributed by atoms with van der Waals surface area (Å²) in [6.45, 7) is 13.6. The van der Waals surface area contributed by atoms with Gasteiger partial charge in [-0.15, -0.1) is 11.6 Å². The van der Waals surface area contributed by atoms with Crippen molar-refractivity contribution in [2.24, 2.45) is 0 Å². The molecular weight excluding hydrogens is 334 g/mol. The summed E-state index contributed by atoms with van der Waals surface area (Å²) in [6.07, 6.45) is 0. The fourth-order valence-electron chi connectivity index (χ4n) is 1.20. The second-order valence-electron chi connectivity index (χ2n) is 6.17. The quantitative estimate of drug-likeness (QED) is 0.567. The van der Waals surface area contributed by atoms with Crippen molar-refractivity contribution < 1.29 is 4.74 Å². The van der Waals surface area contributed by atoms with E-state index in [1.807, 2.05) is 4.20 Å². The summed E-state index contributed by atoms with van der Waals surface area (Å²) in [7, 11) is 0. The Morgan fingerprint density at radius 2 is 1.85 bits per heavy atom. The van der Waals surface area contributed by atoms with Crippen LogP contribution in [-0.4, -0.2) is 35.8 Å². The summed E-state index contributed by atoms with van der Waals surface area (Å²) >= 11 is 10.6. The summed E-state index contributed by atoms with van der Waals surface area (Å²) in [5.74, 6) is 0.484. The Kier molecular flexibility index (Phi) is 6.76. The van der Waals surface area contributed by atoms with Gasteiger partial charge < -0.3 is 4.74 Å². The number of rotatable bonds is 5. The molecule has 1 heterocycles. The molecule has 0 amide bonds. The maximum atomic E-state index is 5.70. The highest BCUT2D eigenvalue weighted by Gasteiger charge is 2.19. The summed E-state index contributed by atoms with van der Waals surface area (Å²) < 4.78 is 11.1.